The molecule has 0 N–H and O–H groups in total. The number of hydrogen-bond acceptors (Lipinski definition) is 6. The van der Waals surface area contributed by atoms with Crippen molar-refractivity contribution in [2.24, 2.45) is 0 Å². The Bertz CT molecular complexity index is 986. The molecule has 6 nitrogen and oxygen atoms in total. The van der Waals surface area contributed by atoms with Crippen LogP contribution in [0.4, 0.5) is 0 Å². The van der Waals surface area contributed by atoms with E-state index in [1.807, 2.05) is 0 Å². The second kappa shape index (κ2) is 6.86. The van der Waals surface area contributed by atoms with E-state index in [2.05, 4.69) is 0 Å². The summed E-state index contributed by atoms with van der Waals surface area (Å²) in [5.41, 5.74) is 0.176. The second-order valence-electron chi connectivity index (χ2n) is 5.06. The van der Waals surface area contributed by atoms with Crippen LogP contribution in [0.25, 0.3) is 11.0 Å². The lowest BCUT2D eigenvalue weighted by molar-refractivity contribution is 0.0734. The van der Waals surface area contributed by atoms with Crippen molar-refractivity contribution < 1.29 is 23.4 Å². The molecule has 0 amide bonds. The van der Waals surface area contributed by atoms with Crippen LogP contribution in [0.2, 0.25) is 5.02 Å². The summed E-state index contributed by atoms with van der Waals surface area (Å²) >= 11 is 5.73. The van der Waals surface area contributed by atoms with Gasteiger partial charge in [-0.1, -0.05) is 11.6 Å². The molecule has 0 radical (unpaired) electrons. The number of carbonyl (C=O) groups excluding carboxylic acids is 1. The summed E-state index contributed by atoms with van der Waals surface area (Å²) < 4.78 is 20.9. The van der Waals surface area contributed by atoms with Gasteiger partial charge in [0.05, 0.1) is 25.2 Å². The van der Waals surface area contributed by atoms with Crippen LogP contribution in [0.15, 0.2) is 51.9 Å². The maximum absolute atomic E-state index is 12.4. The van der Waals surface area contributed by atoms with Crippen LogP contribution < -0.4 is 19.6 Å². The van der Waals surface area contributed by atoms with Crippen LogP contribution >= 0.6 is 11.6 Å². The van der Waals surface area contributed by atoms with E-state index >= 15 is 0 Å². The van der Waals surface area contributed by atoms with E-state index < -0.39 is 5.97 Å². The summed E-state index contributed by atoms with van der Waals surface area (Å²) in [7, 11) is 2.97. The third-order valence-corrected chi connectivity index (χ3v) is 3.76. The molecule has 0 bridgehead atoms. The molecule has 3 rings (SSSR count). The van der Waals surface area contributed by atoms with Crippen molar-refractivity contribution in [3.8, 4) is 17.2 Å². The van der Waals surface area contributed by atoms with Gasteiger partial charge in [0.1, 0.15) is 34.1 Å². The van der Waals surface area contributed by atoms with Gasteiger partial charge in [0.15, 0.2) is 0 Å². The number of hydrogen-bond donors (Lipinski definition) is 0. The van der Waals surface area contributed by atoms with Crippen LogP contribution in [0, 0.1) is 0 Å². The first-order valence-corrected chi connectivity index (χ1v) is 7.56. The monoisotopic (exact) mass is 360 g/mol. The van der Waals surface area contributed by atoms with Crippen molar-refractivity contribution >= 4 is 28.5 Å². The van der Waals surface area contributed by atoms with E-state index in [9.17, 15) is 9.59 Å². The Morgan fingerprint density at radius 3 is 2.32 bits per heavy atom. The smallest absolute Gasteiger partial charge is 0.343 e. The lowest BCUT2D eigenvalue weighted by atomic mass is 10.2. The molecule has 128 valence electrons. The van der Waals surface area contributed by atoms with Gasteiger partial charge in [0.25, 0.3) is 0 Å². The molecule has 0 aliphatic heterocycles. The van der Waals surface area contributed by atoms with Crippen molar-refractivity contribution in [3.63, 3.8) is 0 Å². The quantitative estimate of drug-likeness (QED) is 0.522. The molecular weight excluding hydrogens is 348 g/mol. The van der Waals surface area contributed by atoms with Gasteiger partial charge in [-0.05, 0) is 24.3 Å². The molecule has 0 aliphatic rings. The molecule has 0 saturated heterocycles. The molecule has 0 aliphatic carbocycles. The minimum absolute atomic E-state index is 0.0132. The fourth-order valence-corrected chi connectivity index (χ4v) is 2.39. The minimum atomic E-state index is -0.604. The largest absolute Gasteiger partial charge is 0.497 e. The fraction of sp³-hybridized carbons (Fsp3) is 0.111. The third kappa shape index (κ3) is 3.44. The van der Waals surface area contributed by atoms with Crippen molar-refractivity contribution in [1.29, 1.82) is 0 Å². The molecule has 0 unspecified atom stereocenters. The Balaban J connectivity index is 1.92. The van der Waals surface area contributed by atoms with Crippen LogP contribution in [0.3, 0.4) is 0 Å². The Hall–Kier alpha value is -2.99. The molecule has 3 aromatic rings. The van der Waals surface area contributed by atoms with Gasteiger partial charge in [-0.2, -0.15) is 0 Å². The summed E-state index contributed by atoms with van der Waals surface area (Å²) in [6.07, 6.45) is 1.14. The van der Waals surface area contributed by atoms with Gasteiger partial charge in [-0.15, -0.1) is 0 Å². The van der Waals surface area contributed by atoms with Crippen LogP contribution in [0.5, 0.6) is 17.2 Å². The van der Waals surface area contributed by atoms with E-state index in [1.165, 1.54) is 44.6 Å². The zero-order valence-corrected chi connectivity index (χ0v) is 14.1. The second-order valence-corrected chi connectivity index (χ2v) is 5.47. The Kier molecular flexibility index (Phi) is 4.63. The van der Waals surface area contributed by atoms with E-state index in [-0.39, 0.29) is 27.3 Å². The summed E-state index contributed by atoms with van der Waals surface area (Å²) in [6, 6.07) is 9.14. The summed E-state index contributed by atoms with van der Waals surface area (Å²) in [5.74, 6) is 0.550. The van der Waals surface area contributed by atoms with Crippen LogP contribution in [-0.4, -0.2) is 20.2 Å². The number of esters is 1. The Morgan fingerprint density at radius 1 is 1.00 bits per heavy atom. The summed E-state index contributed by atoms with van der Waals surface area (Å²) in [4.78, 5) is 24.3. The third-order valence-electron chi connectivity index (χ3n) is 3.50. The molecule has 0 spiro atoms. The average molecular weight is 361 g/mol. The average Bonchev–Trinajstić information content (AvgIpc) is 2.64. The highest BCUT2D eigenvalue weighted by molar-refractivity contribution is 6.30. The van der Waals surface area contributed by atoms with Crippen LogP contribution in [-0.2, 0) is 0 Å². The summed E-state index contributed by atoms with van der Waals surface area (Å²) in [6.45, 7) is 0. The maximum atomic E-state index is 12.4. The highest BCUT2D eigenvalue weighted by atomic mass is 35.5. The van der Waals surface area contributed by atoms with Gasteiger partial charge >= 0.3 is 5.97 Å². The van der Waals surface area contributed by atoms with Crippen molar-refractivity contribution in [2.75, 3.05) is 14.2 Å². The number of benzene rings is 2. The predicted molar refractivity (Wildman–Crippen MR) is 92.0 cm³/mol. The Labute approximate surface area is 147 Å². The lowest BCUT2D eigenvalue weighted by Crippen LogP contribution is -2.09. The topological polar surface area (TPSA) is 75.0 Å². The fourth-order valence-electron chi connectivity index (χ4n) is 2.24. The van der Waals surface area contributed by atoms with Gasteiger partial charge < -0.3 is 18.6 Å². The number of fused-ring (bicyclic) bond motifs is 1. The van der Waals surface area contributed by atoms with E-state index in [4.69, 9.17) is 30.2 Å². The molecule has 0 atom stereocenters. The molecule has 0 saturated carbocycles. The number of ether oxygens (including phenoxy) is 3. The molecule has 25 heavy (non-hydrogen) atoms. The number of methoxy groups -OCH3 is 2. The van der Waals surface area contributed by atoms with Gasteiger partial charge in [-0.25, -0.2) is 4.79 Å². The highest BCUT2D eigenvalue weighted by Crippen LogP contribution is 2.25. The maximum Gasteiger partial charge on any atom is 0.343 e. The van der Waals surface area contributed by atoms with Gasteiger partial charge in [0, 0.05) is 12.1 Å². The zero-order valence-electron chi connectivity index (χ0n) is 13.4. The SMILES string of the molecule is COc1cc(OC)cc(C(=O)Oc2ccc3c(=O)c(Cl)coc3c2)c1. The number of halogens is 1. The molecule has 0 fully saturated rings. The van der Waals surface area contributed by atoms with Crippen molar-refractivity contribution in [3.05, 3.63) is 63.5 Å². The molecule has 1 heterocycles. The van der Waals surface area contributed by atoms with Crippen molar-refractivity contribution in [2.45, 2.75) is 0 Å². The molecule has 7 heteroatoms. The number of rotatable bonds is 4. The normalized spacial score (nSPS) is 10.5. The van der Waals surface area contributed by atoms with Gasteiger partial charge in [-0.3, -0.25) is 4.79 Å². The molecular formula is C18H13ClO6. The first-order chi connectivity index (χ1) is 12.0. The standard InChI is InChI=1S/C18H13ClO6/c1-22-12-5-10(6-13(7-12)23-2)18(21)25-11-3-4-14-16(8-11)24-9-15(19)17(14)20/h3-9H,1-2H3. The van der Waals surface area contributed by atoms with Crippen LogP contribution in [0.1, 0.15) is 10.4 Å². The first-order valence-electron chi connectivity index (χ1n) is 7.18. The highest BCUT2D eigenvalue weighted by Gasteiger charge is 2.14. The van der Waals surface area contributed by atoms with E-state index in [0.29, 0.717) is 16.9 Å². The molecule has 1 aromatic heterocycles. The lowest BCUT2D eigenvalue weighted by Gasteiger charge is -2.09. The minimum Gasteiger partial charge on any atom is -0.497 e. The summed E-state index contributed by atoms with van der Waals surface area (Å²) in [5, 5.41) is 0.288. The van der Waals surface area contributed by atoms with Gasteiger partial charge in [0.2, 0.25) is 5.43 Å². The molecule has 2 aromatic carbocycles. The predicted octanol–water partition coefficient (Wildman–Crippen LogP) is 3.68. The Morgan fingerprint density at radius 2 is 1.68 bits per heavy atom. The zero-order chi connectivity index (χ0) is 18.0. The van der Waals surface area contributed by atoms with E-state index in [0.717, 1.165) is 6.26 Å². The van der Waals surface area contributed by atoms with Crippen molar-refractivity contribution in [1.82, 2.24) is 0 Å². The van der Waals surface area contributed by atoms with E-state index in [1.54, 1.807) is 6.07 Å². The number of carbonyl (C=O) groups is 1. The first kappa shape index (κ1) is 16.9.